The average molecular weight is 366 g/mol. The van der Waals surface area contributed by atoms with Gasteiger partial charge in [-0.2, -0.15) is 0 Å². The van der Waals surface area contributed by atoms with Gasteiger partial charge >= 0.3 is 0 Å². The number of alkyl halides is 1. The molecule has 0 amide bonds. The molecule has 100 valence electrons. The van der Waals surface area contributed by atoms with Crippen molar-refractivity contribution in [3.63, 3.8) is 0 Å². The SMILES string of the molecule is Fc1cc(Cl)c(C(Br)Cc2ccc(Cl)cc2)cc1F. The van der Waals surface area contributed by atoms with Gasteiger partial charge in [0.1, 0.15) is 0 Å². The Bertz CT molecular complexity index is 585. The zero-order valence-electron chi connectivity index (χ0n) is 9.64. The van der Waals surface area contributed by atoms with Crippen molar-refractivity contribution >= 4 is 39.1 Å². The summed E-state index contributed by atoms with van der Waals surface area (Å²) in [6, 6.07) is 9.43. The van der Waals surface area contributed by atoms with Crippen LogP contribution in [0.4, 0.5) is 8.78 Å². The number of hydrogen-bond acceptors (Lipinski definition) is 0. The molecule has 0 heterocycles. The van der Waals surface area contributed by atoms with Crippen LogP contribution in [0.25, 0.3) is 0 Å². The summed E-state index contributed by atoms with van der Waals surface area (Å²) in [6.45, 7) is 0. The average Bonchev–Trinajstić information content (AvgIpc) is 2.36. The van der Waals surface area contributed by atoms with Crippen molar-refractivity contribution in [1.82, 2.24) is 0 Å². The molecule has 1 atom stereocenters. The maximum Gasteiger partial charge on any atom is 0.160 e. The van der Waals surface area contributed by atoms with Gasteiger partial charge in [-0.1, -0.05) is 51.3 Å². The molecule has 0 aliphatic rings. The third kappa shape index (κ3) is 3.68. The third-order valence-electron chi connectivity index (χ3n) is 2.71. The molecule has 0 bridgehead atoms. The summed E-state index contributed by atoms with van der Waals surface area (Å²) >= 11 is 15.2. The van der Waals surface area contributed by atoms with Crippen LogP contribution in [-0.2, 0) is 6.42 Å². The highest BCUT2D eigenvalue weighted by Crippen LogP contribution is 2.33. The lowest BCUT2D eigenvalue weighted by molar-refractivity contribution is 0.507. The topological polar surface area (TPSA) is 0 Å². The van der Waals surface area contributed by atoms with E-state index >= 15 is 0 Å². The van der Waals surface area contributed by atoms with Gasteiger partial charge in [0.25, 0.3) is 0 Å². The quantitative estimate of drug-likeness (QED) is 0.465. The van der Waals surface area contributed by atoms with Crippen LogP contribution in [0, 0.1) is 11.6 Å². The van der Waals surface area contributed by atoms with Gasteiger partial charge in [-0.25, -0.2) is 8.78 Å². The van der Waals surface area contributed by atoms with Gasteiger partial charge < -0.3 is 0 Å². The summed E-state index contributed by atoms with van der Waals surface area (Å²) in [4.78, 5) is -0.198. The molecule has 0 spiro atoms. The number of benzene rings is 2. The van der Waals surface area contributed by atoms with E-state index in [0.29, 0.717) is 17.0 Å². The van der Waals surface area contributed by atoms with Crippen molar-refractivity contribution in [2.24, 2.45) is 0 Å². The fraction of sp³-hybridized carbons (Fsp3) is 0.143. The Labute approximate surface area is 128 Å². The van der Waals surface area contributed by atoms with Crippen LogP contribution in [0.15, 0.2) is 36.4 Å². The van der Waals surface area contributed by atoms with Crippen LogP contribution in [-0.4, -0.2) is 0 Å². The molecule has 0 nitrogen and oxygen atoms in total. The molecule has 2 rings (SSSR count). The number of halogens is 5. The molecule has 2 aromatic rings. The fourth-order valence-corrected chi connectivity index (χ4v) is 3.01. The molecule has 0 saturated heterocycles. The molecule has 2 aromatic carbocycles. The molecular formula is C14H9BrCl2F2. The summed E-state index contributed by atoms with van der Waals surface area (Å²) in [6.07, 6.45) is 0.599. The minimum absolute atomic E-state index is 0.198. The Kier molecular flexibility index (Phi) is 4.82. The predicted octanol–water partition coefficient (Wildman–Crippen LogP) is 5.95. The first-order valence-corrected chi connectivity index (χ1v) is 7.17. The molecule has 0 aliphatic carbocycles. The maximum atomic E-state index is 13.2. The van der Waals surface area contributed by atoms with Gasteiger partial charge in [0.2, 0.25) is 0 Å². The molecule has 1 unspecified atom stereocenters. The zero-order chi connectivity index (χ0) is 14.0. The Morgan fingerprint density at radius 3 is 2.21 bits per heavy atom. The van der Waals surface area contributed by atoms with Gasteiger partial charge in [-0.05, 0) is 41.8 Å². The Balaban J connectivity index is 2.22. The van der Waals surface area contributed by atoms with E-state index < -0.39 is 11.6 Å². The largest absolute Gasteiger partial charge is 0.204 e. The van der Waals surface area contributed by atoms with Gasteiger partial charge in [0, 0.05) is 14.9 Å². The van der Waals surface area contributed by atoms with E-state index in [9.17, 15) is 8.78 Å². The van der Waals surface area contributed by atoms with Gasteiger partial charge in [0.05, 0.1) is 0 Å². The molecule has 0 radical (unpaired) electrons. The molecule has 0 aliphatic heterocycles. The van der Waals surface area contributed by atoms with Gasteiger partial charge in [0.15, 0.2) is 11.6 Å². The van der Waals surface area contributed by atoms with E-state index in [-0.39, 0.29) is 9.85 Å². The predicted molar refractivity (Wildman–Crippen MR) is 78.2 cm³/mol. The van der Waals surface area contributed by atoms with Crippen molar-refractivity contribution in [3.05, 3.63) is 69.2 Å². The van der Waals surface area contributed by atoms with E-state index in [4.69, 9.17) is 23.2 Å². The van der Waals surface area contributed by atoms with Gasteiger partial charge in [-0.15, -0.1) is 0 Å². The van der Waals surface area contributed by atoms with E-state index in [1.165, 1.54) is 0 Å². The van der Waals surface area contributed by atoms with Crippen molar-refractivity contribution in [2.45, 2.75) is 11.2 Å². The lowest BCUT2D eigenvalue weighted by Gasteiger charge is -2.13. The molecule has 0 N–H and O–H groups in total. The monoisotopic (exact) mass is 364 g/mol. The minimum Gasteiger partial charge on any atom is -0.204 e. The fourth-order valence-electron chi connectivity index (χ4n) is 1.72. The summed E-state index contributed by atoms with van der Waals surface area (Å²) in [5.74, 6) is -1.85. The van der Waals surface area contributed by atoms with E-state index in [0.717, 1.165) is 17.7 Å². The Morgan fingerprint density at radius 2 is 1.58 bits per heavy atom. The van der Waals surface area contributed by atoms with Crippen LogP contribution < -0.4 is 0 Å². The molecular weight excluding hydrogens is 357 g/mol. The van der Waals surface area contributed by atoms with Crippen LogP contribution in [0.5, 0.6) is 0 Å². The summed E-state index contributed by atoms with van der Waals surface area (Å²) in [5, 5.41) is 0.857. The summed E-state index contributed by atoms with van der Waals surface area (Å²) in [5.41, 5.74) is 1.54. The standard InChI is InChI=1S/C14H9BrCl2F2/c15-11(5-8-1-3-9(16)4-2-8)10-6-13(18)14(19)7-12(10)17/h1-4,6-7,11H,5H2. The first-order valence-electron chi connectivity index (χ1n) is 5.50. The Hall–Kier alpha value is -0.640. The normalized spacial score (nSPS) is 12.5. The summed E-state index contributed by atoms with van der Waals surface area (Å²) in [7, 11) is 0. The van der Waals surface area contributed by atoms with Crippen LogP contribution in [0.1, 0.15) is 16.0 Å². The molecule has 0 fully saturated rings. The second-order valence-corrected chi connectivity index (χ2v) is 6.03. The van der Waals surface area contributed by atoms with E-state index in [2.05, 4.69) is 15.9 Å². The molecule has 19 heavy (non-hydrogen) atoms. The number of rotatable bonds is 3. The second-order valence-electron chi connectivity index (χ2n) is 4.09. The number of hydrogen-bond donors (Lipinski definition) is 0. The first kappa shape index (κ1) is 14.8. The van der Waals surface area contributed by atoms with Crippen molar-refractivity contribution < 1.29 is 8.78 Å². The minimum atomic E-state index is -0.944. The van der Waals surface area contributed by atoms with Crippen molar-refractivity contribution in [3.8, 4) is 0 Å². The maximum absolute atomic E-state index is 13.2. The molecule has 0 aromatic heterocycles. The lowest BCUT2D eigenvalue weighted by atomic mass is 10.0. The van der Waals surface area contributed by atoms with E-state index in [1.807, 2.05) is 12.1 Å². The van der Waals surface area contributed by atoms with Crippen LogP contribution in [0.2, 0.25) is 10.0 Å². The highest BCUT2D eigenvalue weighted by molar-refractivity contribution is 9.09. The highest BCUT2D eigenvalue weighted by Gasteiger charge is 2.16. The van der Waals surface area contributed by atoms with Crippen LogP contribution >= 0.6 is 39.1 Å². The molecule has 0 saturated carbocycles. The second kappa shape index (κ2) is 6.21. The molecule has 5 heteroatoms. The van der Waals surface area contributed by atoms with Crippen molar-refractivity contribution in [1.29, 1.82) is 0 Å². The van der Waals surface area contributed by atoms with Crippen LogP contribution in [0.3, 0.4) is 0 Å². The first-order chi connectivity index (χ1) is 8.97. The lowest BCUT2D eigenvalue weighted by Crippen LogP contribution is -1.98. The van der Waals surface area contributed by atoms with Crippen molar-refractivity contribution in [2.75, 3.05) is 0 Å². The highest BCUT2D eigenvalue weighted by atomic mass is 79.9. The summed E-state index contributed by atoms with van der Waals surface area (Å²) < 4.78 is 26.2. The third-order valence-corrected chi connectivity index (χ3v) is 4.10. The smallest absolute Gasteiger partial charge is 0.160 e. The zero-order valence-corrected chi connectivity index (χ0v) is 12.7. The van der Waals surface area contributed by atoms with E-state index in [1.54, 1.807) is 12.1 Å². The Morgan fingerprint density at radius 1 is 1.00 bits per heavy atom. The van der Waals surface area contributed by atoms with Gasteiger partial charge in [-0.3, -0.25) is 0 Å².